The second-order valence-electron chi connectivity index (χ2n) is 7.03. The highest BCUT2D eigenvalue weighted by atomic mass is 32.1. The highest BCUT2D eigenvalue weighted by Gasteiger charge is 2.50. The molecular weight excluding hydrogens is 340 g/mol. The number of nitrogens with one attached hydrogen (secondary N) is 1. The van der Waals surface area contributed by atoms with E-state index >= 15 is 0 Å². The Balaban J connectivity index is 1.39. The maximum atomic E-state index is 12.8. The number of carbonyl (C=O) groups excluding carboxylic acids is 2. The minimum atomic E-state index is -0.267. The third-order valence-corrected chi connectivity index (χ3v) is 6.39. The maximum Gasteiger partial charge on any atom is 0.264 e. The van der Waals surface area contributed by atoms with E-state index < -0.39 is 0 Å². The molecule has 0 unspecified atom stereocenters. The van der Waals surface area contributed by atoms with Gasteiger partial charge in [0.1, 0.15) is 0 Å². The van der Waals surface area contributed by atoms with Crippen LogP contribution in [0.2, 0.25) is 0 Å². The summed E-state index contributed by atoms with van der Waals surface area (Å²) >= 11 is 1.45. The number of ether oxygens (including phenoxy) is 2. The van der Waals surface area contributed by atoms with Gasteiger partial charge in [-0.1, -0.05) is 6.07 Å². The van der Waals surface area contributed by atoms with E-state index in [1.54, 1.807) is 0 Å². The van der Waals surface area contributed by atoms with Crippen molar-refractivity contribution in [1.29, 1.82) is 0 Å². The summed E-state index contributed by atoms with van der Waals surface area (Å²) in [7, 11) is 0. The van der Waals surface area contributed by atoms with Gasteiger partial charge in [0.15, 0.2) is 0 Å². The first kappa shape index (κ1) is 17.0. The van der Waals surface area contributed by atoms with Crippen LogP contribution in [0.1, 0.15) is 28.9 Å². The number of hydrogen-bond acceptors (Lipinski definition) is 5. The van der Waals surface area contributed by atoms with E-state index in [0.717, 1.165) is 37.4 Å². The van der Waals surface area contributed by atoms with Crippen LogP contribution >= 0.6 is 11.3 Å². The summed E-state index contributed by atoms with van der Waals surface area (Å²) in [4.78, 5) is 28.1. The average Bonchev–Trinajstić information content (AvgIpc) is 3.36. The molecular formula is C18H24N2O4S. The van der Waals surface area contributed by atoms with E-state index in [4.69, 9.17) is 9.47 Å². The number of hydrogen-bond donors (Lipinski definition) is 1. The highest BCUT2D eigenvalue weighted by Crippen LogP contribution is 2.35. The second kappa shape index (κ2) is 7.43. The molecule has 3 fully saturated rings. The van der Waals surface area contributed by atoms with Crippen LogP contribution in [0.3, 0.4) is 0 Å². The lowest BCUT2D eigenvalue weighted by atomic mass is 9.98. The van der Waals surface area contributed by atoms with E-state index in [-0.39, 0.29) is 29.9 Å². The lowest BCUT2D eigenvalue weighted by Crippen LogP contribution is -2.40. The minimum absolute atomic E-state index is 0.0184. The van der Waals surface area contributed by atoms with Gasteiger partial charge < -0.3 is 19.7 Å². The number of nitrogens with zero attached hydrogens (tertiary/aromatic N) is 1. The van der Waals surface area contributed by atoms with Gasteiger partial charge in [-0.25, -0.2) is 0 Å². The van der Waals surface area contributed by atoms with Crippen LogP contribution in [0.4, 0.5) is 0 Å². The van der Waals surface area contributed by atoms with Crippen LogP contribution in [0, 0.1) is 11.8 Å². The molecule has 3 atom stereocenters. The fraction of sp³-hybridized carbons (Fsp3) is 0.667. The number of thiophene rings is 1. The van der Waals surface area contributed by atoms with Gasteiger partial charge in [0.25, 0.3) is 5.91 Å². The van der Waals surface area contributed by atoms with E-state index in [9.17, 15) is 9.59 Å². The van der Waals surface area contributed by atoms with Crippen LogP contribution in [-0.4, -0.2) is 61.8 Å². The van der Waals surface area contributed by atoms with E-state index in [1.807, 2.05) is 22.4 Å². The molecule has 4 rings (SSSR count). The zero-order valence-corrected chi connectivity index (χ0v) is 15.0. The molecule has 0 aromatic carbocycles. The van der Waals surface area contributed by atoms with Crippen molar-refractivity contribution in [1.82, 2.24) is 10.2 Å². The Labute approximate surface area is 151 Å². The lowest BCUT2D eigenvalue weighted by molar-refractivity contribution is -0.128. The van der Waals surface area contributed by atoms with Crippen molar-refractivity contribution in [3.8, 4) is 0 Å². The van der Waals surface area contributed by atoms with Crippen molar-refractivity contribution < 1.29 is 19.1 Å². The molecule has 7 heteroatoms. The Bertz CT molecular complexity index is 615. The van der Waals surface area contributed by atoms with Crippen LogP contribution in [0.25, 0.3) is 0 Å². The van der Waals surface area contributed by atoms with Gasteiger partial charge >= 0.3 is 0 Å². The molecule has 3 aliphatic heterocycles. The summed E-state index contributed by atoms with van der Waals surface area (Å²) in [6, 6.07) is 3.75. The first-order chi connectivity index (χ1) is 12.2. The normalized spacial score (nSPS) is 29.6. The zero-order valence-electron chi connectivity index (χ0n) is 14.2. The SMILES string of the molecule is O=C(NCC1CCOCC1)[C@@H]1CN(C(=O)c2cccs2)[C@H]2CCO[C@H]12. The number of fused-ring (bicyclic) bond motifs is 1. The minimum Gasteiger partial charge on any atom is -0.381 e. The highest BCUT2D eigenvalue weighted by molar-refractivity contribution is 7.12. The quantitative estimate of drug-likeness (QED) is 0.880. The van der Waals surface area contributed by atoms with Crippen LogP contribution in [0.5, 0.6) is 0 Å². The standard InChI is InChI=1S/C18H24N2O4S/c21-17(19-10-12-3-6-23-7-4-12)13-11-20(14-5-8-24-16(13)14)18(22)15-2-1-9-25-15/h1-2,9,12-14,16H,3-8,10-11H2,(H,19,21)/t13-,14+,16-/m1/s1. The maximum absolute atomic E-state index is 12.8. The van der Waals surface area contributed by atoms with Crippen molar-refractivity contribution in [3.05, 3.63) is 22.4 Å². The van der Waals surface area contributed by atoms with Gasteiger partial charge in [-0.15, -0.1) is 11.3 Å². The van der Waals surface area contributed by atoms with Crippen molar-refractivity contribution in [2.45, 2.75) is 31.4 Å². The monoisotopic (exact) mass is 364 g/mol. The Morgan fingerprint density at radius 3 is 2.84 bits per heavy atom. The Hall–Kier alpha value is -1.44. The molecule has 0 aliphatic carbocycles. The molecule has 3 saturated heterocycles. The van der Waals surface area contributed by atoms with Crippen LogP contribution in [-0.2, 0) is 14.3 Å². The molecule has 2 amide bonds. The molecule has 6 nitrogen and oxygen atoms in total. The first-order valence-electron chi connectivity index (χ1n) is 9.05. The molecule has 4 heterocycles. The molecule has 136 valence electrons. The number of rotatable bonds is 4. The molecule has 1 aromatic heterocycles. The molecule has 0 bridgehead atoms. The van der Waals surface area contributed by atoms with Crippen molar-refractivity contribution >= 4 is 23.2 Å². The predicted octanol–water partition coefficient (Wildman–Crippen LogP) is 1.52. The van der Waals surface area contributed by atoms with Crippen molar-refractivity contribution in [3.63, 3.8) is 0 Å². The van der Waals surface area contributed by atoms with E-state index in [0.29, 0.717) is 25.6 Å². The van der Waals surface area contributed by atoms with Gasteiger partial charge in [0.2, 0.25) is 5.91 Å². The first-order valence-corrected chi connectivity index (χ1v) is 9.93. The summed E-state index contributed by atoms with van der Waals surface area (Å²) in [6.45, 7) is 3.32. The van der Waals surface area contributed by atoms with Crippen LogP contribution in [0.15, 0.2) is 17.5 Å². The number of likely N-dealkylation sites (tertiary alicyclic amines) is 1. The molecule has 0 saturated carbocycles. The van der Waals surface area contributed by atoms with E-state index in [1.165, 1.54) is 11.3 Å². The van der Waals surface area contributed by atoms with Gasteiger partial charge in [0.05, 0.1) is 22.9 Å². The zero-order chi connectivity index (χ0) is 17.2. The molecule has 25 heavy (non-hydrogen) atoms. The summed E-state index contributed by atoms with van der Waals surface area (Å²) in [5.41, 5.74) is 0. The van der Waals surface area contributed by atoms with Crippen LogP contribution < -0.4 is 5.32 Å². The van der Waals surface area contributed by atoms with Gasteiger partial charge in [-0.2, -0.15) is 0 Å². The van der Waals surface area contributed by atoms with E-state index in [2.05, 4.69) is 5.32 Å². The lowest BCUT2D eigenvalue weighted by Gasteiger charge is -2.23. The van der Waals surface area contributed by atoms with Crippen molar-refractivity contribution in [2.75, 3.05) is 32.9 Å². The summed E-state index contributed by atoms with van der Waals surface area (Å²) < 4.78 is 11.2. The Morgan fingerprint density at radius 2 is 2.08 bits per heavy atom. The largest absolute Gasteiger partial charge is 0.381 e. The number of carbonyl (C=O) groups is 2. The summed E-state index contributed by atoms with van der Waals surface area (Å²) in [5.74, 6) is 0.264. The fourth-order valence-corrected chi connectivity index (χ4v) is 4.78. The van der Waals surface area contributed by atoms with Gasteiger partial charge in [-0.05, 0) is 36.6 Å². The van der Waals surface area contributed by atoms with Crippen molar-refractivity contribution in [2.24, 2.45) is 11.8 Å². The molecule has 1 N–H and O–H groups in total. The van der Waals surface area contributed by atoms with Gasteiger partial charge in [0, 0.05) is 32.9 Å². The molecule has 0 radical (unpaired) electrons. The second-order valence-corrected chi connectivity index (χ2v) is 7.98. The third kappa shape index (κ3) is 3.45. The third-order valence-electron chi connectivity index (χ3n) is 5.53. The molecule has 0 spiro atoms. The Morgan fingerprint density at radius 1 is 1.24 bits per heavy atom. The number of amides is 2. The van der Waals surface area contributed by atoms with Gasteiger partial charge in [-0.3, -0.25) is 9.59 Å². The molecule has 3 aliphatic rings. The smallest absolute Gasteiger partial charge is 0.264 e. The summed E-state index contributed by atoms with van der Waals surface area (Å²) in [5, 5.41) is 5.00. The average molecular weight is 364 g/mol. The predicted molar refractivity (Wildman–Crippen MR) is 93.5 cm³/mol. The fourth-order valence-electron chi connectivity index (χ4n) is 4.10. The summed E-state index contributed by atoms with van der Waals surface area (Å²) in [6.07, 6.45) is 2.64. The topological polar surface area (TPSA) is 67.9 Å². The molecule has 1 aromatic rings. The Kier molecular flexibility index (Phi) is 5.05.